The quantitative estimate of drug-likeness (QED) is 0.0191. The van der Waals surface area contributed by atoms with Crippen LogP contribution < -0.4 is 21.4 Å². The Labute approximate surface area is 453 Å². The van der Waals surface area contributed by atoms with Gasteiger partial charge in [0.2, 0.25) is 5.91 Å². The third-order valence-corrected chi connectivity index (χ3v) is 14.9. The second-order valence-corrected chi connectivity index (χ2v) is 21.2. The van der Waals surface area contributed by atoms with Crippen LogP contribution in [-0.2, 0) is 41.6 Å². The first kappa shape index (κ1) is 61.5. The number of aliphatic hydroxyl groups excluding tert-OH is 1. The molecular weight excluding hydrogens is 1050 g/mol. The summed E-state index contributed by atoms with van der Waals surface area (Å²) in [5.41, 5.74) is 3.63. The van der Waals surface area contributed by atoms with Crippen LogP contribution in [0.4, 0.5) is 45.7 Å². The highest BCUT2D eigenvalue weighted by atomic mass is 19.4. The number of hydrazine groups is 1. The number of benzene rings is 2. The number of piperazine rings is 1. The molecule has 3 saturated heterocycles. The maximum absolute atomic E-state index is 16.0. The molecule has 0 aliphatic carbocycles. The number of hydrogen-bond donors (Lipinski definition) is 4. The molecule has 1 aromatic heterocycles. The number of aromatic nitrogens is 1. The summed E-state index contributed by atoms with van der Waals surface area (Å²) in [6.45, 7) is 1.18. The van der Waals surface area contributed by atoms with Gasteiger partial charge in [-0.1, -0.05) is 37.8 Å². The smallest absolute Gasteiger partial charge is 0.407 e. The third-order valence-electron chi connectivity index (χ3n) is 14.9. The molecule has 3 aliphatic heterocycles. The van der Waals surface area contributed by atoms with Crippen molar-refractivity contribution in [3.05, 3.63) is 100 Å². The first-order valence-electron chi connectivity index (χ1n) is 25.5. The number of methoxy groups -OCH3 is 2. The summed E-state index contributed by atoms with van der Waals surface area (Å²) >= 11 is 0. The van der Waals surface area contributed by atoms with Gasteiger partial charge in [0.15, 0.2) is 5.78 Å². The van der Waals surface area contributed by atoms with Crippen LogP contribution in [0.5, 0.6) is 0 Å². The lowest BCUT2D eigenvalue weighted by Crippen LogP contribution is -2.62. The summed E-state index contributed by atoms with van der Waals surface area (Å²) in [6, 6.07) is 10.8. The minimum Gasteiger partial charge on any atom is -0.469 e. The fraction of sp³-hybridized carbons (Fsp3) is 0.527. The zero-order valence-electron chi connectivity index (χ0n) is 44.6. The molecule has 0 spiro atoms. The zero-order valence-corrected chi connectivity index (χ0v) is 44.6. The molecule has 0 saturated carbocycles. The lowest BCUT2D eigenvalue weighted by Gasteiger charge is -2.47. The van der Waals surface area contributed by atoms with Gasteiger partial charge < -0.3 is 35.3 Å². The number of rotatable bonds is 23. The van der Waals surface area contributed by atoms with E-state index < -0.39 is 121 Å². The number of anilines is 1. The number of aliphatic hydroxyl groups is 1. The molecular formula is C55H66F8N8O8. The maximum atomic E-state index is 16.0. The highest BCUT2D eigenvalue weighted by Crippen LogP contribution is 2.42. The van der Waals surface area contributed by atoms with E-state index in [2.05, 4.69) is 36.8 Å². The Morgan fingerprint density at radius 1 is 0.937 bits per heavy atom. The molecule has 6 rings (SSSR count). The number of alkyl halides is 6. The number of ether oxygens (including phenoxy) is 3. The van der Waals surface area contributed by atoms with E-state index >= 15 is 8.78 Å². The predicted molar refractivity (Wildman–Crippen MR) is 276 cm³/mol. The van der Waals surface area contributed by atoms with Gasteiger partial charge >= 0.3 is 24.8 Å². The number of esters is 1. The van der Waals surface area contributed by atoms with Crippen LogP contribution in [0.1, 0.15) is 81.2 Å². The minimum absolute atomic E-state index is 0.263. The van der Waals surface area contributed by atoms with E-state index in [1.165, 1.54) is 13.8 Å². The summed E-state index contributed by atoms with van der Waals surface area (Å²) in [5.74, 6) is -1.73. The van der Waals surface area contributed by atoms with Gasteiger partial charge in [-0.2, -0.15) is 22.0 Å². The summed E-state index contributed by atoms with van der Waals surface area (Å²) < 4.78 is 131. The van der Waals surface area contributed by atoms with Gasteiger partial charge in [0.05, 0.1) is 64.0 Å². The number of amides is 2. The zero-order chi connectivity index (χ0) is 58.0. The van der Waals surface area contributed by atoms with Crippen molar-refractivity contribution in [1.82, 2.24) is 25.6 Å². The average molecular weight is 1120 g/mol. The molecule has 5 N–H and O–H groups in total. The van der Waals surface area contributed by atoms with E-state index in [4.69, 9.17) is 20.2 Å². The van der Waals surface area contributed by atoms with Crippen molar-refractivity contribution in [1.29, 1.82) is 0 Å². The van der Waals surface area contributed by atoms with Gasteiger partial charge in [0.1, 0.15) is 23.5 Å². The molecule has 6 atom stereocenters. The number of Topliss-reactive ketones (excluding diaryl/α,β-unsaturated/α-hetero) is 1. The topological polar surface area (TPSA) is 201 Å². The lowest BCUT2D eigenvalue weighted by molar-refractivity contribution is -0.220. The summed E-state index contributed by atoms with van der Waals surface area (Å²) in [5, 5.41) is 15.0. The fourth-order valence-corrected chi connectivity index (χ4v) is 9.94. The van der Waals surface area contributed by atoms with E-state index in [1.807, 2.05) is 17.4 Å². The summed E-state index contributed by atoms with van der Waals surface area (Å²) in [7, 11) is 1.91. The second kappa shape index (κ2) is 26.5. The van der Waals surface area contributed by atoms with E-state index in [0.29, 0.717) is 54.9 Å². The van der Waals surface area contributed by atoms with Crippen LogP contribution in [0.25, 0.3) is 5.57 Å². The molecule has 430 valence electrons. The first-order chi connectivity index (χ1) is 37.3. The number of carbonyl (C=O) groups is 4. The molecule has 4 heterocycles. The maximum Gasteiger partial charge on any atom is 0.407 e. The van der Waals surface area contributed by atoms with Crippen LogP contribution in [0, 0.1) is 46.1 Å². The van der Waals surface area contributed by atoms with Gasteiger partial charge in [0.25, 0.3) is 0 Å². The third kappa shape index (κ3) is 15.6. The monoisotopic (exact) mass is 1120 g/mol. The Kier molecular flexibility index (Phi) is 20.7. The number of halogens is 8. The predicted octanol–water partition coefficient (Wildman–Crippen LogP) is 6.90. The number of nitrogens with one attached hydrogen (secondary N) is 2. The number of aliphatic imine (C=N–C) groups is 1. The van der Waals surface area contributed by atoms with E-state index in [0.717, 1.165) is 82.5 Å². The molecule has 24 heteroatoms. The van der Waals surface area contributed by atoms with Crippen molar-refractivity contribution in [2.45, 2.75) is 109 Å². The van der Waals surface area contributed by atoms with Crippen molar-refractivity contribution >= 4 is 41.4 Å². The largest absolute Gasteiger partial charge is 0.469 e. The van der Waals surface area contributed by atoms with Crippen LogP contribution in [0.15, 0.2) is 65.9 Å². The molecule has 3 aliphatic rings. The number of pyridine rings is 1. The van der Waals surface area contributed by atoms with Crippen LogP contribution in [0.3, 0.4) is 0 Å². The molecule has 0 radical (unpaired) electrons. The lowest BCUT2D eigenvalue weighted by atomic mass is 9.77. The van der Waals surface area contributed by atoms with Crippen molar-refractivity contribution in [2.75, 3.05) is 58.6 Å². The van der Waals surface area contributed by atoms with Crippen LogP contribution in [-0.4, -0.2) is 147 Å². The Hall–Kier alpha value is -6.68. The molecule has 3 aromatic rings. The highest BCUT2D eigenvalue weighted by molar-refractivity contribution is 6.09. The Morgan fingerprint density at radius 2 is 1.56 bits per heavy atom. The number of nitrogens with zero attached hydrogens (tertiary/aromatic N) is 5. The molecule has 79 heavy (non-hydrogen) atoms. The van der Waals surface area contributed by atoms with E-state index in [1.54, 1.807) is 30.5 Å². The number of ketones is 1. The first-order valence-corrected chi connectivity index (χ1v) is 25.5. The Morgan fingerprint density at radius 3 is 2.08 bits per heavy atom. The minimum atomic E-state index is -5.08. The molecule has 2 amide bonds. The van der Waals surface area contributed by atoms with E-state index in [-0.39, 0.29) is 17.6 Å². The normalized spacial score (nSPS) is 18.8. The number of fused-ring (bicyclic) bond motifs is 2. The van der Waals surface area contributed by atoms with Crippen LogP contribution >= 0.6 is 0 Å². The molecule has 2 bridgehead atoms. The van der Waals surface area contributed by atoms with Gasteiger partial charge in [-0.05, 0) is 86.6 Å². The van der Waals surface area contributed by atoms with Crippen molar-refractivity contribution in [3.8, 4) is 11.8 Å². The SMILES string of the molecule is COC(=O)C[C@H](C(=O)NN(Cc1c(F)cc(C(C=NC(F)F)=CN)cc1F)C[C@H](O)[C@@H](CC(=O)[C@@H](NC(=O)OC)C(C)(C)C(F)(F)F)Cc1ccc(C#Cc2ccc(N3CC4CCC(C3)N4C3COC3)nc2)cc1)C(C)(C)CF. The van der Waals surface area contributed by atoms with Crippen molar-refractivity contribution in [2.24, 2.45) is 33.4 Å². The summed E-state index contributed by atoms with van der Waals surface area (Å²) in [6.07, 6.45) is -4.83. The molecule has 2 unspecified atom stereocenters. The second-order valence-electron chi connectivity index (χ2n) is 21.2. The van der Waals surface area contributed by atoms with Crippen LogP contribution in [0.2, 0.25) is 0 Å². The number of allylic oxidation sites excluding steroid dienone is 1. The number of alkyl carbamates (subject to hydrolysis) is 1. The van der Waals surface area contributed by atoms with E-state index in [9.17, 15) is 50.6 Å². The Bertz CT molecular complexity index is 2710. The van der Waals surface area contributed by atoms with Gasteiger partial charge in [-0.15, -0.1) is 0 Å². The average Bonchev–Trinajstić information content (AvgIpc) is 3.84. The number of nitrogens with two attached hydrogens (primary N) is 1. The van der Waals surface area contributed by atoms with Gasteiger partial charge in [-0.25, -0.2) is 28.6 Å². The molecule has 2 aromatic carbocycles. The highest BCUT2D eigenvalue weighted by Gasteiger charge is 2.56. The van der Waals surface area contributed by atoms with Crippen molar-refractivity contribution in [3.63, 3.8) is 0 Å². The Balaban J connectivity index is 1.30. The standard InChI is InChI=1S/C55H66F8N8O8/c1-53(2,31-56)42(21-48(74)77-5)50(75)68-70(27-41-43(57)18-35(19-44(41)58)37(22-64)24-66-51(59)60)28-46(73)36(20-45(72)49(67-52(76)78-6)54(3,4)55(61,62)63)17-33-10-7-32(8-11-33)9-12-34-13-16-47(65-23-34)69-25-38-14-15-39(26-69)71(38)40-29-79-30-40/h7-8,10-11,13,16,18-19,22-24,36,38-40,42,46,49,51,73H,14-15,17,20-21,25-31,64H2,1-6H3,(H,67,76)(H,68,75)/t36-,38?,39?,42-,46+,49-/m1/s1. The fourth-order valence-electron chi connectivity index (χ4n) is 9.94. The molecule has 3 fully saturated rings. The molecule has 16 nitrogen and oxygen atoms in total. The van der Waals surface area contributed by atoms with Crippen molar-refractivity contribution < 1.29 is 73.6 Å². The van der Waals surface area contributed by atoms with Gasteiger partial charge in [-0.3, -0.25) is 29.1 Å². The number of carbonyl (C=O) groups excluding carboxylic acids is 4. The van der Waals surface area contributed by atoms with Gasteiger partial charge in [0, 0.05) is 91.0 Å². The summed E-state index contributed by atoms with van der Waals surface area (Å²) in [4.78, 5) is 65.8. The number of hydrogen-bond acceptors (Lipinski definition) is 14.